The van der Waals surface area contributed by atoms with Gasteiger partial charge in [-0.15, -0.1) is 0 Å². The van der Waals surface area contributed by atoms with E-state index in [0.29, 0.717) is 0 Å². The summed E-state index contributed by atoms with van der Waals surface area (Å²) in [6.07, 6.45) is -1.10. The van der Waals surface area contributed by atoms with E-state index in [-0.39, 0.29) is 16.9 Å². The zero-order valence-electron chi connectivity index (χ0n) is 7.60. The van der Waals surface area contributed by atoms with Crippen molar-refractivity contribution in [1.29, 1.82) is 0 Å². The molecule has 78 valence electrons. The number of ketones is 1. The minimum atomic E-state index is -1.10. The SMILES string of the molecule is CC1=NC(OO)C(CO)=C(CO)C1=O. The number of hydrogen-bond acceptors (Lipinski definition) is 6. The smallest absolute Gasteiger partial charge is 0.207 e. The van der Waals surface area contributed by atoms with Crippen molar-refractivity contribution in [1.82, 2.24) is 0 Å². The number of aliphatic imine (C=N–C) groups is 1. The first-order valence-electron chi connectivity index (χ1n) is 3.98. The van der Waals surface area contributed by atoms with Gasteiger partial charge in [0, 0.05) is 11.1 Å². The van der Waals surface area contributed by atoms with E-state index in [9.17, 15) is 4.79 Å². The average Bonchev–Trinajstić information content (AvgIpc) is 2.20. The van der Waals surface area contributed by atoms with E-state index in [1.807, 2.05) is 0 Å². The lowest BCUT2D eigenvalue weighted by Crippen LogP contribution is -2.31. The zero-order chi connectivity index (χ0) is 10.7. The molecule has 0 aromatic heterocycles. The number of hydrogen-bond donors (Lipinski definition) is 3. The molecule has 1 unspecified atom stereocenters. The Morgan fingerprint density at radius 1 is 1.43 bits per heavy atom. The summed E-state index contributed by atoms with van der Waals surface area (Å²) >= 11 is 0. The summed E-state index contributed by atoms with van der Waals surface area (Å²) in [5, 5.41) is 26.3. The highest BCUT2D eigenvalue weighted by Crippen LogP contribution is 2.19. The zero-order valence-corrected chi connectivity index (χ0v) is 7.60. The van der Waals surface area contributed by atoms with Crippen LogP contribution in [0.1, 0.15) is 6.92 Å². The van der Waals surface area contributed by atoms with Gasteiger partial charge in [-0.3, -0.25) is 4.79 Å². The van der Waals surface area contributed by atoms with Crippen molar-refractivity contribution in [3.05, 3.63) is 11.1 Å². The molecule has 14 heavy (non-hydrogen) atoms. The molecular formula is C8H11NO5. The van der Waals surface area contributed by atoms with Gasteiger partial charge in [0.1, 0.15) is 0 Å². The molecule has 0 radical (unpaired) electrons. The number of carbonyl (C=O) groups is 1. The van der Waals surface area contributed by atoms with E-state index in [4.69, 9.17) is 15.5 Å². The van der Waals surface area contributed by atoms with E-state index < -0.39 is 25.2 Å². The maximum atomic E-state index is 11.4. The second kappa shape index (κ2) is 4.43. The van der Waals surface area contributed by atoms with Gasteiger partial charge in [-0.2, -0.15) is 0 Å². The molecule has 0 aliphatic carbocycles. The van der Waals surface area contributed by atoms with Crippen molar-refractivity contribution in [2.24, 2.45) is 4.99 Å². The van der Waals surface area contributed by atoms with Crippen molar-refractivity contribution in [3.8, 4) is 0 Å². The highest BCUT2D eigenvalue weighted by Gasteiger charge is 2.28. The lowest BCUT2D eigenvalue weighted by atomic mass is 9.98. The number of carbonyl (C=O) groups excluding carboxylic acids is 1. The van der Waals surface area contributed by atoms with E-state index in [2.05, 4.69) is 9.88 Å². The summed E-state index contributed by atoms with van der Waals surface area (Å²) in [5.74, 6) is -0.440. The Hall–Kier alpha value is -1.08. The first kappa shape index (κ1) is 11.0. The van der Waals surface area contributed by atoms with Crippen molar-refractivity contribution in [3.63, 3.8) is 0 Å². The third-order valence-corrected chi connectivity index (χ3v) is 2.03. The summed E-state index contributed by atoms with van der Waals surface area (Å²) in [7, 11) is 0. The molecule has 0 amide bonds. The Morgan fingerprint density at radius 2 is 2.07 bits per heavy atom. The van der Waals surface area contributed by atoms with Crippen LogP contribution in [0, 0.1) is 0 Å². The number of Topliss-reactive ketones (excluding diaryl/α,β-unsaturated/α-hetero) is 1. The molecule has 0 bridgehead atoms. The van der Waals surface area contributed by atoms with Gasteiger partial charge in [0.25, 0.3) is 0 Å². The fourth-order valence-corrected chi connectivity index (χ4v) is 1.26. The van der Waals surface area contributed by atoms with Crippen LogP contribution in [0.5, 0.6) is 0 Å². The lowest BCUT2D eigenvalue weighted by Gasteiger charge is -2.20. The number of aliphatic hydroxyl groups is 2. The molecule has 6 heteroatoms. The number of dihydropyridines is 1. The van der Waals surface area contributed by atoms with E-state index in [0.717, 1.165) is 0 Å². The first-order chi connectivity index (χ1) is 6.65. The first-order valence-corrected chi connectivity index (χ1v) is 3.98. The molecule has 1 heterocycles. The number of aliphatic hydroxyl groups excluding tert-OH is 2. The monoisotopic (exact) mass is 201 g/mol. The fourth-order valence-electron chi connectivity index (χ4n) is 1.26. The van der Waals surface area contributed by atoms with E-state index in [1.165, 1.54) is 6.92 Å². The highest BCUT2D eigenvalue weighted by molar-refractivity contribution is 6.45. The molecule has 1 atom stereocenters. The van der Waals surface area contributed by atoms with Gasteiger partial charge in [0.2, 0.25) is 12.0 Å². The van der Waals surface area contributed by atoms with Crippen LogP contribution < -0.4 is 0 Å². The lowest BCUT2D eigenvalue weighted by molar-refractivity contribution is -0.267. The van der Waals surface area contributed by atoms with Gasteiger partial charge in [0.05, 0.1) is 18.9 Å². The van der Waals surface area contributed by atoms with Crippen LogP contribution in [-0.4, -0.2) is 46.4 Å². The Morgan fingerprint density at radius 3 is 2.50 bits per heavy atom. The quantitative estimate of drug-likeness (QED) is 0.407. The maximum Gasteiger partial charge on any atom is 0.207 e. The summed E-state index contributed by atoms with van der Waals surface area (Å²) in [6, 6.07) is 0. The van der Waals surface area contributed by atoms with E-state index in [1.54, 1.807) is 0 Å². The van der Waals surface area contributed by atoms with Crippen LogP contribution in [0.15, 0.2) is 16.1 Å². The molecule has 6 nitrogen and oxygen atoms in total. The molecule has 1 rings (SSSR count). The largest absolute Gasteiger partial charge is 0.392 e. The molecule has 1 aliphatic heterocycles. The maximum absolute atomic E-state index is 11.4. The molecule has 0 saturated carbocycles. The second-order valence-electron chi connectivity index (χ2n) is 2.82. The van der Waals surface area contributed by atoms with Crippen molar-refractivity contribution >= 4 is 11.5 Å². The van der Waals surface area contributed by atoms with Crippen LogP contribution in [-0.2, 0) is 9.68 Å². The van der Waals surface area contributed by atoms with Crippen molar-refractivity contribution in [2.75, 3.05) is 13.2 Å². The topological polar surface area (TPSA) is 99.3 Å². The van der Waals surface area contributed by atoms with Crippen LogP contribution >= 0.6 is 0 Å². The standard InChI is InChI=1S/C8H11NO5/c1-4-7(12)5(2-10)6(3-11)8(9-4)14-13/h8,10-11,13H,2-3H2,1H3. The summed E-state index contributed by atoms with van der Waals surface area (Å²) < 4.78 is 0. The number of nitrogens with zero attached hydrogens (tertiary/aromatic N) is 1. The van der Waals surface area contributed by atoms with Crippen LogP contribution in [0.3, 0.4) is 0 Å². The Bertz CT molecular complexity index is 307. The molecule has 0 aromatic carbocycles. The summed E-state index contributed by atoms with van der Waals surface area (Å²) in [6.45, 7) is 0.434. The van der Waals surface area contributed by atoms with Crippen LogP contribution in [0.25, 0.3) is 0 Å². The molecule has 0 fully saturated rings. The predicted molar refractivity (Wildman–Crippen MR) is 46.8 cm³/mol. The van der Waals surface area contributed by atoms with E-state index >= 15 is 0 Å². The van der Waals surface area contributed by atoms with Gasteiger partial charge in [-0.05, 0) is 6.92 Å². The third-order valence-electron chi connectivity index (χ3n) is 2.03. The van der Waals surface area contributed by atoms with Crippen LogP contribution in [0.2, 0.25) is 0 Å². The fraction of sp³-hybridized carbons (Fsp3) is 0.500. The molecular weight excluding hydrogens is 190 g/mol. The van der Waals surface area contributed by atoms with Gasteiger partial charge >= 0.3 is 0 Å². The average molecular weight is 201 g/mol. The molecule has 3 N–H and O–H groups in total. The van der Waals surface area contributed by atoms with Gasteiger partial charge in [-0.1, -0.05) is 0 Å². The van der Waals surface area contributed by atoms with Crippen LogP contribution in [0.4, 0.5) is 0 Å². The summed E-state index contributed by atoms with van der Waals surface area (Å²) in [5.41, 5.74) is 0.245. The predicted octanol–water partition coefficient (Wildman–Crippen LogP) is -0.873. The van der Waals surface area contributed by atoms with Crippen molar-refractivity contribution in [2.45, 2.75) is 13.2 Å². The van der Waals surface area contributed by atoms with Crippen molar-refractivity contribution < 1.29 is 25.2 Å². The highest BCUT2D eigenvalue weighted by atomic mass is 17.1. The molecule has 1 aliphatic rings. The Balaban J connectivity index is 3.13. The Labute approximate surface area is 80.1 Å². The Kier molecular flexibility index (Phi) is 3.48. The normalized spacial score (nSPS) is 22.7. The molecule has 0 aromatic rings. The number of rotatable bonds is 3. The minimum absolute atomic E-state index is 0.0269. The van der Waals surface area contributed by atoms with Gasteiger partial charge in [-0.25, -0.2) is 15.1 Å². The molecule has 0 saturated heterocycles. The van der Waals surface area contributed by atoms with Gasteiger partial charge in [0.15, 0.2) is 0 Å². The summed E-state index contributed by atoms with van der Waals surface area (Å²) in [4.78, 5) is 19.1. The van der Waals surface area contributed by atoms with Gasteiger partial charge < -0.3 is 10.2 Å². The minimum Gasteiger partial charge on any atom is -0.392 e. The second-order valence-corrected chi connectivity index (χ2v) is 2.82. The third kappa shape index (κ3) is 1.73. The molecule has 0 spiro atoms.